The first kappa shape index (κ1) is 20.5. The van der Waals surface area contributed by atoms with Crippen LogP contribution in [0.4, 0.5) is 24.8 Å². The molecule has 0 aliphatic heterocycles. The Hall–Kier alpha value is -3.20. The van der Waals surface area contributed by atoms with Gasteiger partial charge in [-0.3, -0.25) is 4.98 Å². The number of alkyl halides is 3. The van der Waals surface area contributed by atoms with Crippen LogP contribution in [0.1, 0.15) is 16.7 Å². The number of halogens is 3. The van der Waals surface area contributed by atoms with Gasteiger partial charge >= 0.3 is 6.18 Å². The highest BCUT2D eigenvalue weighted by molar-refractivity contribution is 5.59. The van der Waals surface area contributed by atoms with Gasteiger partial charge in [0.15, 0.2) is 0 Å². The molecule has 0 aliphatic carbocycles. The van der Waals surface area contributed by atoms with Crippen molar-refractivity contribution in [2.45, 2.75) is 19.6 Å². The second kappa shape index (κ2) is 8.87. The molecule has 0 unspecified atom stereocenters. The maximum absolute atomic E-state index is 12.7. The lowest BCUT2D eigenvalue weighted by Crippen LogP contribution is -2.09. The van der Waals surface area contributed by atoms with Gasteiger partial charge in [-0.15, -0.1) is 0 Å². The molecule has 0 radical (unpaired) electrons. The molecule has 3 rings (SSSR count). The van der Waals surface area contributed by atoms with E-state index in [4.69, 9.17) is 5.11 Å². The van der Waals surface area contributed by atoms with Crippen LogP contribution in [0, 0.1) is 6.92 Å². The molecule has 9 heteroatoms. The number of aliphatic hydroxyl groups excluding tert-OH is 1. The predicted octanol–water partition coefficient (Wildman–Crippen LogP) is 3.88. The number of aryl methyl sites for hydroxylation is 1. The molecule has 0 saturated heterocycles. The van der Waals surface area contributed by atoms with Crippen molar-refractivity contribution >= 4 is 11.6 Å². The number of hydrogen-bond acceptors (Lipinski definition) is 6. The molecule has 2 heterocycles. The Labute approximate surface area is 165 Å². The van der Waals surface area contributed by atoms with E-state index in [1.54, 1.807) is 19.3 Å². The number of nitrogens with one attached hydrogen (secondary N) is 2. The fourth-order valence-corrected chi connectivity index (χ4v) is 2.65. The maximum Gasteiger partial charge on any atom is 0.417 e. The fourth-order valence-electron chi connectivity index (χ4n) is 2.65. The summed E-state index contributed by atoms with van der Waals surface area (Å²) in [4.78, 5) is 12.5. The lowest BCUT2D eigenvalue weighted by atomic mass is 10.1. The lowest BCUT2D eigenvalue weighted by molar-refractivity contribution is -0.137. The summed E-state index contributed by atoms with van der Waals surface area (Å²) in [5, 5.41) is 14.8. The number of benzene rings is 1. The van der Waals surface area contributed by atoms with Crippen LogP contribution in [0.3, 0.4) is 0 Å². The van der Waals surface area contributed by atoms with Crippen LogP contribution in [0.25, 0.3) is 11.3 Å². The third-order valence-corrected chi connectivity index (χ3v) is 4.19. The number of aromatic nitrogens is 3. The van der Waals surface area contributed by atoms with Crippen molar-refractivity contribution in [1.29, 1.82) is 0 Å². The van der Waals surface area contributed by atoms with E-state index >= 15 is 0 Å². The second-order valence-corrected chi connectivity index (χ2v) is 6.37. The Morgan fingerprint density at radius 1 is 0.966 bits per heavy atom. The van der Waals surface area contributed by atoms with Gasteiger partial charge in [0.05, 0.1) is 30.3 Å². The zero-order valence-electron chi connectivity index (χ0n) is 15.7. The van der Waals surface area contributed by atoms with Crippen molar-refractivity contribution in [1.82, 2.24) is 15.0 Å². The number of hydrogen-bond donors (Lipinski definition) is 3. The molecule has 3 N–H and O–H groups in total. The van der Waals surface area contributed by atoms with Crippen LogP contribution < -0.4 is 10.6 Å². The van der Waals surface area contributed by atoms with Crippen LogP contribution in [-0.4, -0.2) is 33.2 Å². The minimum absolute atomic E-state index is 0.0143. The van der Waals surface area contributed by atoms with E-state index in [-0.39, 0.29) is 6.61 Å². The Morgan fingerprint density at radius 3 is 2.31 bits per heavy atom. The Bertz CT molecular complexity index is 944. The van der Waals surface area contributed by atoms with Crippen LogP contribution in [0.5, 0.6) is 0 Å². The molecule has 1 aromatic carbocycles. The van der Waals surface area contributed by atoms with Crippen molar-refractivity contribution in [3.05, 3.63) is 65.6 Å². The molecule has 0 bridgehead atoms. The van der Waals surface area contributed by atoms with E-state index in [9.17, 15) is 13.2 Å². The summed E-state index contributed by atoms with van der Waals surface area (Å²) in [7, 11) is 0. The van der Waals surface area contributed by atoms with Crippen LogP contribution in [-0.2, 0) is 12.7 Å². The van der Waals surface area contributed by atoms with E-state index in [2.05, 4.69) is 25.6 Å². The molecule has 29 heavy (non-hydrogen) atoms. The SMILES string of the molecule is Cc1cc(C(F)(F)F)cnc1NCc1ccc(-c2cnc(NCCO)cn2)cc1. The summed E-state index contributed by atoms with van der Waals surface area (Å²) in [5.74, 6) is 1.00. The van der Waals surface area contributed by atoms with Crippen molar-refractivity contribution < 1.29 is 18.3 Å². The first-order valence-corrected chi connectivity index (χ1v) is 8.90. The van der Waals surface area contributed by atoms with Gasteiger partial charge in [0.25, 0.3) is 0 Å². The molecule has 0 fully saturated rings. The molecule has 0 saturated carbocycles. The topological polar surface area (TPSA) is 83.0 Å². The van der Waals surface area contributed by atoms with Gasteiger partial charge in [0.2, 0.25) is 0 Å². The zero-order valence-corrected chi connectivity index (χ0v) is 15.7. The average molecular weight is 403 g/mol. The lowest BCUT2D eigenvalue weighted by Gasteiger charge is -2.12. The smallest absolute Gasteiger partial charge is 0.395 e. The van der Waals surface area contributed by atoms with Crippen LogP contribution in [0.15, 0.2) is 48.9 Å². The summed E-state index contributed by atoms with van der Waals surface area (Å²) in [5.41, 5.74) is 2.22. The van der Waals surface area contributed by atoms with Crippen molar-refractivity contribution in [3.8, 4) is 11.3 Å². The number of pyridine rings is 1. The van der Waals surface area contributed by atoms with Crippen molar-refractivity contribution in [3.63, 3.8) is 0 Å². The van der Waals surface area contributed by atoms with Gasteiger partial charge in [-0.25, -0.2) is 9.97 Å². The van der Waals surface area contributed by atoms with Crippen molar-refractivity contribution in [2.24, 2.45) is 0 Å². The van der Waals surface area contributed by atoms with E-state index in [0.29, 0.717) is 36.0 Å². The maximum atomic E-state index is 12.7. The Morgan fingerprint density at radius 2 is 1.72 bits per heavy atom. The molecule has 0 aliphatic rings. The third-order valence-electron chi connectivity index (χ3n) is 4.19. The standard InChI is InChI=1S/C20H20F3N5O/c1-13-8-16(20(21,22)23)10-28-19(13)27-9-14-2-4-15(5-3-14)17-11-26-18(12-25-17)24-6-7-29/h2-5,8,10-12,29H,6-7,9H2,1H3,(H,24,26)(H,27,28). The molecule has 152 valence electrons. The van der Waals surface area contributed by atoms with Gasteiger partial charge in [-0.1, -0.05) is 24.3 Å². The highest BCUT2D eigenvalue weighted by Gasteiger charge is 2.31. The van der Waals surface area contributed by atoms with Gasteiger partial charge < -0.3 is 15.7 Å². The molecule has 6 nitrogen and oxygen atoms in total. The van der Waals surface area contributed by atoms with Gasteiger partial charge in [-0.05, 0) is 24.1 Å². The van der Waals surface area contributed by atoms with E-state index in [0.717, 1.165) is 23.4 Å². The minimum atomic E-state index is -4.40. The summed E-state index contributed by atoms with van der Waals surface area (Å²) in [6.45, 7) is 2.43. The fraction of sp³-hybridized carbons (Fsp3) is 0.250. The number of aliphatic hydroxyl groups is 1. The first-order chi connectivity index (χ1) is 13.9. The third kappa shape index (κ3) is 5.41. The normalized spacial score (nSPS) is 11.3. The molecule has 3 aromatic rings. The van der Waals surface area contributed by atoms with E-state index in [1.807, 2.05) is 24.3 Å². The average Bonchev–Trinajstić information content (AvgIpc) is 2.71. The zero-order chi connectivity index (χ0) is 20.9. The van der Waals surface area contributed by atoms with Crippen LogP contribution in [0.2, 0.25) is 0 Å². The predicted molar refractivity (Wildman–Crippen MR) is 104 cm³/mol. The Balaban J connectivity index is 1.62. The summed E-state index contributed by atoms with van der Waals surface area (Å²) in [6.07, 6.45) is -0.333. The highest BCUT2D eigenvalue weighted by atomic mass is 19.4. The van der Waals surface area contributed by atoms with Gasteiger partial charge in [-0.2, -0.15) is 13.2 Å². The van der Waals surface area contributed by atoms with Gasteiger partial charge in [0.1, 0.15) is 11.6 Å². The molecule has 2 aromatic heterocycles. The van der Waals surface area contributed by atoms with Crippen LogP contribution >= 0.6 is 0 Å². The number of anilines is 2. The summed E-state index contributed by atoms with van der Waals surface area (Å²) < 4.78 is 38.2. The molecule has 0 atom stereocenters. The highest BCUT2D eigenvalue weighted by Crippen LogP contribution is 2.30. The summed E-state index contributed by atoms with van der Waals surface area (Å²) in [6, 6.07) is 8.68. The first-order valence-electron chi connectivity index (χ1n) is 8.90. The molecular formula is C20H20F3N5O. The monoisotopic (exact) mass is 403 g/mol. The molecule has 0 amide bonds. The number of rotatable bonds is 7. The largest absolute Gasteiger partial charge is 0.417 e. The van der Waals surface area contributed by atoms with E-state index in [1.165, 1.54) is 0 Å². The van der Waals surface area contributed by atoms with Crippen molar-refractivity contribution in [2.75, 3.05) is 23.8 Å². The minimum Gasteiger partial charge on any atom is -0.395 e. The van der Waals surface area contributed by atoms with E-state index < -0.39 is 11.7 Å². The van der Waals surface area contributed by atoms with Gasteiger partial charge in [0, 0.05) is 24.8 Å². The molecular weight excluding hydrogens is 383 g/mol. The molecule has 0 spiro atoms. The number of nitrogens with zero attached hydrogens (tertiary/aromatic N) is 3. The Kier molecular flexibility index (Phi) is 6.28. The quantitative estimate of drug-likeness (QED) is 0.555. The second-order valence-electron chi connectivity index (χ2n) is 6.37. The summed E-state index contributed by atoms with van der Waals surface area (Å²) >= 11 is 0.